The lowest BCUT2D eigenvalue weighted by molar-refractivity contribution is 0.0694. The molecule has 0 radical (unpaired) electrons. The maximum atomic E-state index is 15.1. The molecule has 6 rings (SSSR count). The first-order valence-electron chi connectivity index (χ1n) is 9.09. The van der Waals surface area contributed by atoms with E-state index in [9.17, 15) is 14.7 Å². The van der Waals surface area contributed by atoms with E-state index in [1.807, 2.05) is 11.8 Å². The van der Waals surface area contributed by atoms with E-state index in [1.165, 1.54) is 6.20 Å². The minimum absolute atomic E-state index is 0.0299. The lowest BCUT2D eigenvalue weighted by Crippen LogP contribution is -2.66. The average molecular weight is 373 g/mol. The number of halogens is 1. The van der Waals surface area contributed by atoms with Crippen LogP contribution in [0.4, 0.5) is 10.1 Å². The minimum atomic E-state index is -1.32. The highest BCUT2D eigenvalue weighted by Crippen LogP contribution is 2.48. The van der Waals surface area contributed by atoms with Crippen LogP contribution in [0.1, 0.15) is 36.2 Å². The molecule has 2 bridgehead atoms. The van der Waals surface area contributed by atoms with E-state index < -0.39 is 17.2 Å². The van der Waals surface area contributed by atoms with Crippen LogP contribution in [0, 0.1) is 11.7 Å². The summed E-state index contributed by atoms with van der Waals surface area (Å²) in [5.74, 6) is -1.16. The van der Waals surface area contributed by atoms with Crippen LogP contribution < -0.4 is 20.8 Å². The van der Waals surface area contributed by atoms with Crippen LogP contribution in [0.3, 0.4) is 0 Å². The van der Waals surface area contributed by atoms with Crippen LogP contribution in [0.5, 0.6) is 5.75 Å². The van der Waals surface area contributed by atoms with Crippen molar-refractivity contribution in [3.8, 4) is 5.75 Å². The number of benzene rings is 1. The summed E-state index contributed by atoms with van der Waals surface area (Å²) in [5.41, 5.74) is 5.75. The lowest BCUT2D eigenvalue weighted by Gasteiger charge is -2.55. The molecule has 142 valence electrons. The molecule has 2 aromatic rings. The summed E-state index contributed by atoms with van der Waals surface area (Å²) in [4.78, 5) is 26.0. The van der Waals surface area contributed by atoms with Gasteiger partial charge in [-0.15, -0.1) is 0 Å². The van der Waals surface area contributed by atoms with Gasteiger partial charge in [-0.3, -0.25) is 4.79 Å². The zero-order valence-corrected chi connectivity index (χ0v) is 14.9. The zero-order chi connectivity index (χ0) is 19.1. The van der Waals surface area contributed by atoms with Crippen LogP contribution in [0.2, 0.25) is 0 Å². The number of anilines is 1. The number of aromatic nitrogens is 1. The van der Waals surface area contributed by atoms with E-state index in [2.05, 4.69) is 0 Å². The molecule has 0 unspecified atom stereocenters. The van der Waals surface area contributed by atoms with Crippen molar-refractivity contribution in [2.75, 3.05) is 24.6 Å². The Hall–Kier alpha value is -2.61. The van der Waals surface area contributed by atoms with Gasteiger partial charge in [0.25, 0.3) is 0 Å². The third kappa shape index (κ3) is 2.22. The molecule has 3 fully saturated rings. The fraction of sp³-hybridized carbons (Fsp3) is 0.474. The number of hydrogen-bond donors (Lipinski definition) is 2. The van der Waals surface area contributed by atoms with Crippen molar-refractivity contribution in [1.29, 1.82) is 0 Å². The van der Waals surface area contributed by atoms with E-state index in [1.54, 1.807) is 4.57 Å². The first-order valence-corrected chi connectivity index (χ1v) is 9.09. The van der Waals surface area contributed by atoms with Crippen molar-refractivity contribution < 1.29 is 19.0 Å². The quantitative estimate of drug-likeness (QED) is 0.832. The number of nitrogens with zero attached hydrogens (tertiary/aromatic N) is 2. The third-order valence-electron chi connectivity index (χ3n) is 6.06. The predicted molar refractivity (Wildman–Crippen MR) is 97.2 cm³/mol. The molecule has 7 nitrogen and oxygen atoms in total. The number of aromatic carboxylic acids is 1. The molecule has 2 saturated heterocycles. The molecule has 27 heavy (non-hydrogen) atoms. The van der Waals surface area contributed by atoms with Gasteiger partial charge in [-0.05, 0) is 31.7 Å². The van der Waals surface area contributed by atoms with Gasteiger partial charge >= 0.3 is 5.97 Å². The summed E-state index contributed by atoms with van der Waals surface area (Å²) in [6, 6.07) is 0.970. The van der Waals surface area contributed by atoms with Crippen LogP contribution in [0.15, 0.2) is 17.1 Å². The number of hydrogen-bond acceptors (Lipinski definition) is 5. The topological polar surface area (TPSA) is 97.8 Å². The number of rotatable bonds is 2. The van der Waals surface area contributed by atoms with Gasteiger partial charge < -0.3 is 25.0 Å². The van der Waals surface area contributed by atoms with E-state index in [-0.39, 0.29) is 29.1 Å². The van der Waals surface area contributed by atoms with Crippen LogP contribution in [0.25, 0.3) is 10.9 Å². The fourth-order valence-electron chi connectivity index (χ4n) is 4.93. The Morgan fingerprint density at radius 3 is 2.85 bits per heavy atom. The Morgan fingerprint density at radius 1 is 1.44 bits per heavy atom. The monoisotopic (exact) mass is 373 g/mol. The summed E-state index contributed by atoms with van der Waals surface area (Å²) in [6.45, 7) is 3.37. The van der Waals surface area contributed by atoms with E-state index in [4.69, 9.17) is 10.5 Å². The maximum Gasteiger partial charge on any atom is 0.341 e. The molecular weight excluding hydrogens is 353 g/mol. The number of carboxylic acid groups (broad SMARTS) is 1. The molecule has 1 aromatic carbocycles. The van der Waals surface area contributed by atoms with Gasteiger partial charge in [0.1, 0.15) is 17.9 Å². The van der Waals surface area contributed by atoms with E-state index in [0.29, 0.717) is 36.0 Å². The number of fused-ring (bicyclic) bond motifs is 2. The van der Waals surface area contributed by atoms with Gasteiger partial charge in [0.2, 0.25) is 5.43 Å². The van der Waals surface area contributed by atoms with Crippen LogP contribution in [-0.4, -0.2) is 40.9 Å². The molecule has 1 saturated carbocycles. The molecule has 4 heterocycles. The average Bonchev–Trinajstić information content (AvgIpc) is 2.58. The summed E-state index contributed by atoms with van der Waals surface area (Å²) in [7, 11) is 0. The Balaban J connectivity index is 1.78. The summed E-state index contributed by atoms with van der Waals surface area (Å²) in [6.07, 6.45) is 3.22. The van der Waals surface area contributed by atoms with Gasteiger partial charge in [-0.1, -0.05) is 0 Å². The van der Waals surface area contributed by atoms with Gasteiger partial charge in [0.15, 0.2) is 11.6 Å². The van der Waals surface area contributed by atoms with Crippen molar-refractivity contribution in [2.24, 2.45) is 11.7 Å². The smallest absolute Gasteiger partial charge is 0.341 e. The second-order valence-electron chi connectivity index (χ2n) is 8.19. The van der Waals surface area contributed by atoms with Crippen LogP contribution >= 0.6 is 0 Å². The molecule has 4 aliphatic rings. The summed E-state index contributed by atoms with van der Waals surface area (Å²) < 4.78 is 22.7. The highest BCUT2D eigenvalue weighted by molar-refractivity contribution is 5.97. The Bertz CT molecular complexity index is 1060. The fourth-order valence-corrected chi connectivity index (χ4v) is 4.93. The van der Waals surface area contributed by atoms with Gasteiger partial charge in [0, 0.05) is 24.8 Å². The largest absolute Gasteiger partial charge is 0.487 e. The van der Waals surface area contributed by atoms with Crippen molar-refractivity contribution in [3.05, 3.63) is 33.9 Å². The summed E-state index contributed by atoms with van der Waals surface area (Å²) in [5, 5.41) is 9.38. The second kappa shape index (κ2) is 5.22. The number of carboxylic acids is 1. The maximum absolute atomic E-state index is 15.1. The first kappa shape index (κ1) is 16.6. The number of ether oxygens (including phenoxy) is 1. The second-order valence-corrected chi connectivity index (χ2v) is 8.19. The molecule has 0 amide bonds. The highest BCUT2D eigenvalue weighted by atomic mass is 19.1. The minimum Gasteiger partial charge on any atom is -0.487 e. The molecular formula is C19H20FN3O4. The van der Waals surface area contributed by atoms with Gasteiger partial charge in [-0.25, -0.2) is 9.18 Å². The number of nitrogens with two attached hydrogens (primary N) is 1. The molecule has 3 aliphatic heterocycles. The van der Waals surface area contributed by atoms with E-state index in [0.717, 1.165) is 18.9 Å². The molecule has 1 aliphatic carbocycles. The molecule has 0 spiro atoms. The predicted octanol–water partition coefficient (Wildman–Crippen LogP) is 1.72. The summed E-state index contributed by atoms with van der Waals surface area (Å²) >= 11 is 0. The highest BCUT2D eigenvalue weighted by Gasteiger charge is 2.48. The van der Waals surface area contributed by atoms with Crippen LogP contribution in [-0.2, 0) is 0 Å². The number of pyridine rings is 1. The number of piperidine rings is 2. The lowest BCUT2D eigenvalue weighted by atomic mass is 9.65. The normalized spacial score (nSPS) is 28.6. The Morgan fingerprint density at radius 2 is 2.19 bits per heavy atom. The van der Waals surface area contributed by atoms with Crippen molar-refractivity contribution in [1.82, 2.24) is 4.57 Å². The van der Waals surface area contributed by atoms with Crippen molar-refractivity contribution in [3.63, 3.8) is 0 Å². The van der Waals surface area contributed by atoms with Crippen molar-refractivity contribution in [2.45, 2.75) is 31.3 Å². The molecule has 8 heteroatoms. The zero-order valence-electron chi connectivity index (χ0n) is 14.9. The first-order chi connectivity index (χ1) is 12.8. The number of carbonyl (C=O) groups is 1. The Labute approximate surface area is 154 Å². The molecule has 1 aromatic heterocycles. The van der Waals surface area contributed by atoms with Gasteiger partial charge in [-0.2, -0.15) is 0 Å². The van der Waals surface area contributed by atoms with E-state index >= 15 is 4.39 Å². The van der Waals surface area contributed by atoms with Gasteiger partial charge in [0.05, 0.1) is 16.9 Å². The molecule has 1 atom stereocenters. The standard InChI is InChI=1S/C19H20FN3O4/c1-9-7-27-17-14-11(16(24)12(18(25)26)6-23(9)14)2-13(20)15(17)22-5-10-3-19(21,4-10)8-22/h2,6,9-10H,3-5,7-8,21H2,1H3,(H,25,26)/t9-,10?,19?/m0/s1. The Kier molecular flexibility index (Phi) is 3.20. The third-order valence-corrected chi connectivity index (χ3v) is 6.06. The molecule has 3 N–H and O–H groups in total. The van der Waals surface area contributed by atoms with Crippen molar-refractivity contribution >= 4 is 22.6 Å². The SMILES string of the molecule is C[C@H]1COc2c(N3CC4CC(N)(C4)C3)c(F)cc3c(=O)c(C(=O)O)cn1c23.